The molecule has 0 fully saturated rings. The molecule has 1 aromatic carbocycles. The van der Waals surface area contributed by atoms with E-state index in [9.17, 15) is 0 Å². The van der Waals surface area contributed by atoms with Gasteiger partial charge in [0.15, 0.2) is 0 Å². The zero-order chi connectivity index (χ0) is 15.2. The summed E-state index contributed by atoms with van der Waals surface area (Å²) in [5.41, 5.74) is 3.93. The number of hydrogen-bond acceptors (Lipinski definition) is 2. The highest BCUT2D eigenvalue weighted by Gasteiger charge is 2.20. The van der Waals surface area contributed by atoms with Crippen LogP contribution in [-0.2, 0) is 6.42 Å². The van der Waals surface area contributed by atoms with E-state index < -0.39 is 0 Å². The summed E-state index contributed by atoms with van der Waals surface area (Å²) in [5.74, 6) is 0. The van der Waals surface area contributed by atoms with Crippen LogP contribution in [0, 0.1) is 6.92 Å². The minimum absolute atomic E-state index is 0.287. The number of aryl methyl sites for hydroxylation is 2. The number of benzene rings is 1. The molecule has 0 aliphatic carbocycles. The Morgan fingerprint density at radius 3 is 2.43 bits per heavy atom. The first-order chi connectivity index (χ1) is 10.2. The van der Waals surface area contributed by atoms with Crippen LogP contribution >= 0.6 is 0 Å². The lowest BCUT2D eigenvalue weighted by atomic mass is 9.98. The van der Waals surface area contributed by atoms with Gasteiger partial charge in [0, 0.05) is 6.20 Å². The molecule has 0 saturated carbocycles. The maximum atomic E-state index is 4.48. The van der Waals surface area contributed by atoms with Crippen LogP contribution in [0.25, 0.3) is 0 Å². The van der Waals surface area contributed by atoms with Crippen LogP contribution in [-0.4, -0.2) is 16.3 Å². The quantitative estimate of drug-likeness (QED) is 0.831. The van der Waals surface area contributed by atoms with Crippen LogP contribution in [0.3, 0.4) is 0 Å². The van der Waals surface area contributed by atoms with Crippen molar-refractivity contribution in [2.24, 2.45) is 0 Å². The van der Waals surface area contributed by atoms with E-state index in [0.717, 1.165) is 19.4 Å². The fourth-order valence-corrected chi connectivity index (χ4v) is 2.64. The van der Waals surface area contributed by atoms with Gasteiger partial charge < -0.3 is 5.32 Å². The first-order valence-corrected chi connectivity index (χ1v) is 7.98. The van der Waals surface area contributed by atoms with Gasteiger partial charge in [-0.1, -0.05) is 38.1 Å². The van der Waals surface area contributed by atoms with Crippen LogP contribution in [0.15, 0.2) is 36.7 Å². The van der Waals surface area contributed by atoms with Crippen molar-refractivity contribution < 1.29 is 0 Å². The SMILES string of the molecule is CCCNC(c1ccc(CC)cc1)C(C)n1cc(C)cn1. The molecule has 1 aromatic heterocycles. The smallest absolute Gasteiger partial charge is 0.0685 e. The normalized spacial score (nSPS) is 14.1. The van der Waals surface area contributed by atoms with Crippen molar-refractivity contribution in [1.29, 1.82) is 0 Å². The number of hydrogen-bond donors (Lipinski definition) is 1. The molecular weight excluding hydrogens is 258 g/mol. The molecule has 0 saturated heterocycles. The molecule has 3 nitrogen and oxygen atoms in total. The van der Waals surface area contributed by atoms with Crippen molar-refractivity contribution >= 4 is 0 Å². The van der Waals surface area contributed by atoms with Crippen LogP contribution in [0.5, 0.6) is 0 Å². The second-order valence-electron chi connectivity index (χ2n) is 5.77. The molecule has 0 radical (unpaired) electrons. The molecule has 2 rings (SSSR count). The van der Waals surface area contributed by atoms with E-state index in [2.05, 4.69) is 73.3 Å². The van der Waals surface area contributed by atoms with Crippen LogP contribution in [0.4, 0.5) is 0 Å². The zero-order valence-corrected chi connectivity index (χ0v) is 13.6. The largest absolute Gasteiger partial charge is 0.308 e. The fourth-order valence-electron chi connectivity index (χ4n) is 2.64. The molecule has 0 bridgehead atoms. The number of aromatic nitrogens is 2. The molecule has 1 N–H and O–H groups in total. The van der Waals surface area contributed by atoms with Crippen molar-refractivity contribution in [2.75, 3.05) is 6.54 Å². The Hall–Kier alpha value is -1.61. The first-order valence-electron chi connectivity index (χ1n) is 7.98. The van der Waals surface area contributed by atoms with Crippen LogP contribution < -0.4 is 5.32 Å². The van der Waals surface area contributed by atoms with Gasteiger partial charge in [-0.3, -0.25) is 4.68 Å². The molecular formula is C18H27N3. The van der Waals surface area contributed by atoms with Crippen molar-refractivity contribution in [3.63, 3.8) is 0 Å². The second kappa shape index (κ2) is 7.41. The van der Waals surface area contributed by atoms with Gasteiger partial charge in [-0.2, -0.15) is 5.10 Å². The monoisotopic (exact) mass is 285 g/mol. The summed E-state index contributed by atoms with van der Waals surface area (Å²) >= 11 is 0. The van der Waals surface area contributed by atoms with E-state index >= 15 is 0 Å². The third-order valence-corrected chi connectivity index (χ3v) is 3.99. The molecule has 2 unspecified atom stereocenters. The Labute approximate surface area is 128 Å². The summed E-state index contributed by atoms with van der Waals surface area (Å²) in [5, 5.41) is 8.15. The lowest BCUT2D eigenvalue weighted by Gasteiger charge is -2.26. The maximum absolute atomic E-state index is 4.48. The third-order valence-electron chi connectivity index (χ3n) is 3.99. The van der Waals surface area contributed by atoms with E-state index in [0.29, 0.717) is 0 Å². The molecule has 2 aromatic rings. The summed E-state index contributed by atoms with van der Waals surface area (Å²) in [6.45, 7) is 9.73. The predicted molar refractivity (Wildman–Crippen MR) is 88.5 cm³/mol. The average Bonchev–Trinajstić information content (AvgIpc) is 2.94. The molecule has 114 valence electrons. The summed E-state index contributed by atoms with van der Waals surface area (Å²) in [6, 6.07) is 9.54. The Balaban J connectivity index is 2.23. The Bertz CT molecular complexity index is 542. The van der Waals surface area contributed by atoms with Gasteiger partial charge in [-0.25, -0.2) is 0 Å². The van der Waals surface area contributed by atoms with E-state index in [1.54, 1.807) is 0 Å². The van der Waals surface area contributed by atoms with Gasteiger partial charge in [0.05, 0.1) is 18.3 Å². The van der Waals surface area contributed by atoms with Gasteiger partial charge >= 0.3 is 0 Å². The molecule has 0 spiro atoms. The van der Waals surface area contributed by atoms with Gasteiger partial charge in [0.2, 0.25) is 0 Å². The second-order valence-corrected chi connectivity index (χ2v) is 5.77. The summed E-state index contributed by atoms with van der Waals surface area (Å²) in [6.07, 6.45) is 6.26. The highest BCUT2D eigenvalue weighted by atomic mass is 15.3. The van der Waals surface area contributed by atoms with Gasteiger partial charge in [0.25, 0.3) is 0 Å². The fraction of sp³-hybridized carbons (Fsp3) is 0.500. The van der Waals surface area contributed by atoms with Crippen molar-refractivity contribution in [1.82, 2.24) is 15.1 Å². The van der Waals surface area contributed by atoms with E-state index in [1.165, 1.54) is 16.7 Å². The van der Waals surface area contributed by atoms with E-state index in [4.69, 9.17) is 0 Å². The number of rotatable bonds is 7. The summed E-state index contributed by atoms with van der Waals surface area (Å²) in [7, 11) is 0. The van der Waals surface area contributed by atoms with Crippen LogP contribution in [0.2, 0.25) is 0 Å². The minimum atomic E-state index is 0.287. The molecule has 0 amide bonds. The topological polar surface area (TPSA) is 29.9 Å². The zero-order valence-electron chi connectivity index (χ0n) is 13.6. The average molecular weight is 285 g/mol. The molecule has 0 aliphatic heterocycles. The molecule has 3 heteroatoms. The lowest BCUT2D eigenvalue weighted by Crippen LogP contribution is -2.29. The van der Waals surface area contributed by atoms with Crippen LogP contribution in [0.1, 0.15) is 56.0 Å². The molecule has 21 heavy (non-hydrogen) atoms. The standard InChI is InChI=1S/C18H27N3/c1-5-11-19-18(15(4)21-13-14(3)12-20-21)17-9-7-16(6-2)8-10-17/h7-10,12-13,15,18-19H,5-6,11H2,1-4H3. The highest BCUT2D eigenvalue weighted by Crippen LogP contribution is 2.26. The third kappa shape index (κ3) is 3.94. The molecule has 2 atom stereocenters. The van der Waals surface area contributed by atoms with Gasteiger partial charge in [-0.15, -0.1) is 0 Å². The van der Waals surface area contributed by atoms with Gasteiger partial charge in [-0.05, 0) is 49.9 Å². The van der Waals surface area contributed by atoms with Crippen molar-refractivity contribution in [3.05, 3.63) is 53.3 Å². The summed E-state index contributed by atoms with van der Waals surface area (Å²) in [4.78, 5) is 0. The van der Waals surface area contributed by atoms with Crippen molar-refractivity contribution in [2.45, 2.75) is 52.6 Å². The number of nitrogens with zero attached hydrogens (tertiary/aromatic N) is 2. The van der Waals surface area contributed by atoms with Gasteiger partial charge in [0.1, 0.15) is 0 Å². The maximum Gasteiger partial charge on any atom is 0.0685 e. The minimum Gasteiger partial charge on any atom is -0.308 e. The molecule has 1 heterocycles. The predicted octanol–water partition coefficient (Wildman–Crippen LogP) is 4.06. The number of nitrogens with one attached hydrogen (secondary N) is 1. The highest BCUT2D eigenvalue weighted by molar-refractivity contribution is 5.26. The molecule has 0 aliphatic rings. The lowest BCUT2D eigenvalue weighted by molar-refractivity contribution is 0.354. The summed E-state index contributed by atoms with van der Waals surface area (Å²) < 4.78 is 2.07. The Morgan fingerprint density at radius 1 is 1.19 bits per heavy atom. The Morgan fingerprint density at radius 2 is 1.90 bits per heavy atom. The Kier molecular flexibility index (Phi) is 5.57. The first kappa shape index (κ1) is 15.8. The van der Waals surface area contributed by atoms with E-state index in [1.807, 2.05) is 6.20 Å². The van der Waals surface area contributed by atoms with Crippen molar-refractivity contribution in [3.8, 4) is 0 Å². The van der Waals surface area contributed by atoms with E-state index in [-0.39, 0.29) is 12.1 Å².